The van der Waals surface area contributed by atoms with Crippen LogP contribution in [0.15, 0.2) is 66.7 Å². The van der Waals surface area contributed by atoms with E-state index in [-0.39, 0.29) is 5.56 Å². The van der Waals surface area contributed by atoms with Crippen molar-refractivity contribution in [3.63, 3.8) is 0 Å². The Labute approximate surface area is 154 Å². The zero-order valence-electron chi connectivity index (χ0n) is 14.0. The second-order valence-electron chi connectivity index (χ2n) is 5.96. The van der Waals surface area contributed by atoms with Crippen molar-refractivity contribution in [2.75, 3.05) is 5.32 Å². The highest BCUT2D eigenvalue weighted by atomic mass is 19.1. The van der Waals surface area contributed by atoms with Gasteiger partial charge in [-0.05, 0) is 47.5 Å². The van der Waals surface area contributed by atoms with Crippen molar-refractivity contribution < 1.29 is 9.18 Å². The van der Waals surface area contributed by atoms with Crippen LogP contribution < -0.4 is 5.32 Å². The molecule has 2 N–H and O–H groups in total. The van der Waals surface area contributed by atoms with Crippen LogP contribution in [0.4, 0.5) is 10.2 Å². The molecule has 1 aromatic heterocycles. The van der Waals surface area contributed by atoms with E-state index in [0.717, 1.165) is 22.0 Å². The molecule has 130 valence electrons. The molecule has 0 aliphatic carbocycles. The molecule has 4 aromatic rings. The first-order valence-corrected chi connectivity index (χ1v) is 8.20. The molecule has 0 atom stereocenters. The molecule has 4 rings (SSSR count). The van der Waals surface area contributed by atoms with Gasteiger partial charge in [-0.1, -0.05) is 30.3 Å². The summed E-state index contributed by atoms with van der Waals surface area (Å²) in [4.78, 5) is 12.3. The highest BCUT2D eigenvalue weighted by Crippen LogP contribution is 2.27. The number of benzene rings is 3. The van der Waals surface area contributed by atoms with Gasteiger partial charge in [-0.25, -0.2) is 4.39 Å². The Morgan fingerprint density at radius 2 is 1.78 bits per heavy atom. The standard InChI is InChI=1S/C21H13FN4O/c22-18-4-2-1-3-16(18)21(27)24-20-17-10-9-15(11-19(17)25-26-20)14-7-5-13(12-23)6-8-14/h1-11H,(H2,24,25,26,27). The molecule has 0 radical (unpaired) electrons. The van der Waals surface area contributed by atoms with E-state index >= 15 is 0 Å². The number of aromatic amines is 1. The molecule has 1 amide bonds. The number of hydrogen-bond donors (Lipinski definition) is 2. The van der Waals surface area contributed by atoms with E-state index in [1.54, 1.807) is 18.2 Å². The SMILES string of the molecule is N#Cc1ccc(-c2ccc3c(NC(=O)c4ccccc4F)n[nH]c3c2)cc1. The zero-order valence-corrected chi connectivity index (χ0v) is 14.0. The van der Waals surface area contributed by atoms with Crippen LogP contribution in [0, 0.1) is 17.1 Å². The number of halogens is 1. The number of nitrogens with zero attached hydrogens (tertiary/aromatic N) is 2. The number of hydrogen-bond acceptors (Lipinski definition) is 3. The minimum Gasteiger partial charge on any atom is -0.304 e. The second kappa shape index (κ2) is 6.73. The Bertz CT molecular complexity index is 1190. The van der Waals surface area contributed by atoms with Gasteiger partial charge in [0.05, 0.1) is 22.7 Å². The summed E-state index contributed by atoms with van der Waals surface area (Å²) < 4.78 is 13.8. The van der Waals surface area contributed by atoms with Crippen LogP contribution in [0.5, 0.6) is 0 Å². The average Bonchev–Trinajstić information content (AvgIpc) is 3.10. The molecule has 0 unspecified atom stereocenters. The lowest BCUT2D eigenvalue weighted by Crippen LogP contribution is -2.14. The smallest absolute Gasteiger partial charge is 0.259 e. The van der Waals surface area contributed by atoms with Crippen LogP contribution >= 0.6 is 0 Å². The first-order valence-electron chi connectivity index (χ1n) is 8.20. The number of H-pyrrole nitrogens is 1. The van der Waals surface area contributed by atoms with Crippen LogP contribution in [-0.4, -0.2) is 16.1 Å². The number of amides is 1. The van der Waals surface area contributed by atoms with Gasteiger partial charge >= 0.3 is 0 Å². The topological polar surface area (TPSA) is 81.6 Å². The number of nitriles is 1. The number of nitrogens with one attached hydrogen (secondary N) is 2. The summed E-state index contributed by atoms with van der Waals surface area (Å²) in [6.07, 6.45) is 0. The maximum Gasteiger partial charge on any atom is 0.259 e. The third-order valence-electron chi connectivity index (χ3n) is 4.26. The lowest BCUT2D eigenvalue weighted by molar-refractivity contribution is 0.102. The Hall–Kier alpha value is -3.98. The van der Waals surface area contributed by atoms with Gasteiger partial charge in [0.1, 0.15) is 5.82 Å². The summed E-state index contributed by atoms with van der Waals surface area (Å²) >= 11 is 0. The molecule has 5 nitrogen and oxygen atoms in total. The van der Waals surface area contributed by atoms with Gasteiger partial charge in [-0.2, -0.15) is 10.4 Å². The van der Waals surface area contributed by atoms with Crippen LogP contribution in [0.2, 0.25) is 0 Å². The maximum atomic E-state index is 13.8. The highest BCUT2D eigenvalue weighted by Gasteiger charge is 2.14. The zero-order chi connectivity index (χ0) is 18.8. The van der Waals surface area contributed by atoms with Crippen molar-refractivity contribution in [2.24, 2.45) is 0 Å². The van der Waals surface area contributed by atoms with E-state index < -0.39 is 11.7 Å². The molecule has 0 spiro atoms. The molecule has 0 bridgehead atoms. The molecule has 0 saturated heterocycles. The Balaban J connectivity index is 1.63. The minimum atomic E-state index is -0.585. The van der Waals surface area contributed by atoms with Gasteiger partial charge in [0.2, 0.25) is 0 Å². The average molecular weight is 356 g/mol. The summed E-state index contributed by atoms with van der Waals surface area (Å²) in [6, 6.07) is 20.8. The lowest BCUT2D eigenvalue weighted by atomic mass is 10.0. The lowest BCUT2D eigenvalue weighted by Gasteiger charge is -2.05. The van der Waals surface area contributed by atoms with Crippen molar-refractivity contribution in [3.05, 3.63) is 83.7 Å². The second-order valence-corrected chi connectivity index (χ2v) is 5.96. The molecular formula is C21H13FN4O. The fraction of sp³-hybridized carbons (Fsp3) is 0. The molecule has 0 aliphatic heterocycles. The van der Waals surface area contributed by atoms with Crippen molar-refractivity contribution in [2.45, 2.75) is 0 Å². The Morgan fingerprint density at radius 3 is 2.52 bits per heavy atom. The van der Waals surface area contributed by atoms with Crippen LogP contribution in [0.3, 0.4) is 0 Å². The third-order valence-corrected chi connectivity index (χ3v) is 4.26. The van der Waals surface area contributed by atoms with E-state index in [0.29, 0.717) is 11.4 Å². The summed E-state index contributed by atoms with van der Waals surface area (Å²) in [7, 11) is 0. The molecule has 27 heavy (non-hydrogen) atoms. The summed E-state index contributed by atoms with van der Waals surface area (Å²) in [5.41, 5.74) is 3.20. The number of aromatic nitrogens is 2. The minimum absolute atomic E-state index is 0.0390. The molecule has 1 heterocycles. The van der Waals surface area contributed by atoms with Crippen LogP contribution in [-0.2, 0) is 0 Å². The Kier molecular flexibility index (Phi) is 4.11. The van der Waals surface area contributed by atoms with E-state index in [2.05, 4.69) is 21.6 Å². The van der Waals surface area contributed by atoms with Crippen molar-refractivity contribution in [1.82, 2.24) is 10.2 Å². The highest BCUT2D eigenvalue weighted by molar-refractivity contribution is 6.08. The third kappa shape index (κ3) is 3.14. The number of anilines is 1. The van der Waals surface area contributed by atoms with Crippen molar-refractivity contribution in [3.8, 4) is 17.2 Å². The monoisotopic (exact) mass is 356 g/mol. The fourth-order valence-corrected chi connectivity index (χ4v) is 2.85. The maximum absolute atomic E-state index is 13.8. The summed E-state index contributed by atoms with van der Waals surface area (Å²) in [5.74, 6) is -0.805. The van der Waals surface area contributed by atoms with E-state index in [1.165, 1.54) is 18.2 Å². The van der Waals surface area contributed by atoms with E-state index in [1.807, 2.05) is 30.3 Å². The summed E-state index contributed by atoms with van der Waals surface area (Å²) in [6.45, 7) is 0. The number of carbonyl (C=O) groups is 1. The van der Waals surface area contributed by atoms with Crippen LogP contribution in [0.25, 0.3) is 22.0 Å². The van der Waals surface area contributed by atoms with Gasteiger partial charge in [0, 0.05) is 5.39 Å². The van der Waals surface area contributed by atoms with Gasteiger partial charge in [-0.15, -0.1) is 0 Å². The predicted octanol–water partition coefficient (Wildman–Crippen LogP) is 4.49. The number of carbonyl (C=O) groups excluding carboxylic acids is 1. The van der Waals surface area contributed by atoms with Gasteiger partial charge in [0.25, 0.3) is 5.91 Å². The molecule has 0 saturated carbocycles. The van der Waals surface area contributed by atoms with E-state index in [9.17, 15) is 9.18 Å². The van der Waals surface area contributed by atoms with E-state index in [4.69, 9.17) is 5.26 Å². The van der Waals surface area contributed by atoms with Crippen molar-refractivity contribution in [1.29, 1.82) is 5.26 Å². The number of rotatable bonds is 3. The molecule has 3 aromatic carbocycles. The number of fused-ring (bicyclic) bond motifs is 1. The molecular weight excluding hydrogens is 343 g/mol. The predicted molar refractivity (Wildman–Crippen MR) is 101 cm³/mol. The largest absolute Gasteiger partial charge is 0.304 e. The first-order chi connectivity index (χ1) is 13.2. The normalized spacial score (nSPS) is 10.5. The van der Waals surface area contributed by atoms with Gasteiger partial charge in [-0.3, -0.25) is 9.89 Å². The molecule has 6 heteroatoms. The fourth-order valence-electron chi connectivity index (χ4n) is 2.85. The Morgan fingerprint density at radius 1 is 1.04 bits per heavy atom. The van der Waals surface area contributed by atoms with Crippen molar-refractivity contribution >= 4 is 22.6 Å². The van der Waals surface area contributed by atoms with Gasteiger partial charge < -0.3 is 5.32 Å². The molecule has 0 fully saturated rings. The molecule has 0 aliphatic rings. The first kappa shape index (κ1) is 16.5. The quantitative estimate of drug-likeness (QED) is 0.567. The van der Waals surface area contributed by atoms with Crippen LogP contribution in [0.1, 0.15) is 15.9 Å². The summed E-state index contributed by atoms with van der Waals surface area (Å²) in [5, 5.41) is 19.3. The van der Waals surface area contributed by atoms with Gasteiger partial charge in [0.15, 0.2) is 5.82 Å².